The topological polar surface area (TPSA) is 55.9 Å². The zero-order chi connectivity index (χ0) is 13.6. The van der Waals surface area contributed by atoms with E-state index in [1.807, 2.05) is 13.8 Å². The minimum atomic E-state index is -0.776. The van der Waals surface area contributed by atoms with Gasteiger partial charge in [0.1, 0.15) is 11.7 Å². The molecule has 2 aliphatic heterocycles. The zero-order valence-electron chi connectivity index (χ0n) is 11.1. The minimum absolute atomic E-state index is 0.0249. The first-order chi connectivity index (χ1) is 8.91. The summed E-state index contributed by atoms with van der Waals surface area (Å²) in [5.41, 5.74) is 0.340. The van der Waals surface area contributed by atoms with Crippen LogP contribution in [0, 0.1) is 11.8 Å². The Bertz CT molecular complexity index is 575. The molecule has 0 N–H and O–H groups in total. The molecule has 2 aliphatic carbocycles. The zero-order valence-corrected chi connectivity index (χ0v) is 11.1. The van der Waals surface area contributed by atoms with Crippen molar-refractivity contribution in [3.8, 4) is 0 Å². The van der Waals surface area contributed by atoms with Crippen molar-refractivity contribution in [3.05, 3.63) is 23.8 Å². The van der Waals surface area contributed by atoms with Crippen molar-refractivity contribution >= 4 is 11.8 Å². The first-order valence-corrected chi connectivity index (χ1v) is 6.73. The summed E-state index contributed by atoms with van der Waals surface area (Å²) in [5.74, 6) is -0.397. The van der Waals surface area contributed by atoms with Gasteiger partial charge in [0.15, 0.2) is 11.4 Å². The molecule has 0 amide bonds. The average Bonchev–Trinajstić information content (AvgIpc) is 2.77. The van der Waals surface area contributed by atoms with E-state index in [9.17, 15) is 9.59 Å². The molecule has 0 radical (unpaired) electrons. The predicted molar refractivity (Wildman–Crippen MR) is 66.2 cm³/mol. The van der Waals surface area contributed by atoms with E-state index >= 15 is 0 Å². The van der Waals surface area contributed by atoms with E-state index < -0.39 is 11.2 Å². The number of carbonyl (C=O) groups is 2. The molecule has 0 unspecified atom stereocenters. The molecular weight excluding hydrogens is 244 g/mol. The highest BCUT2D eigenvalue weighted by molar-refractivity contribution is 6.05. The third-order valence-electron chi connectivity index (χ3n) is 5.39. The second-order valence-corrected chi connectivity index (χ2v) is 6.34. The maximum Gasteiger partial charge on any atom is 0.334 e. The molecule has 5 atom stereocenters. The van der Waals surface area contributed by atoms with E-state index in [2.05, 4.69) is 6.58 Å². The van der Waals surface area contributed by atoms with Gasteiger partial charge < -0.3 is 9.47 Å². The number of ketones is 1. The van der Waals surface area contributed by atoms with E-state index in [1.165, 1.54) is 0 Å². The third-order valence-corrected chi connectivity index (χ3v) is 5.39. The third kappa shape index (κ3) is 1.06. The van der Waals surface area contributed by atoms with E-state index in [0.29, 0.717) is 5.57 Å². The number of ether oxygens (including phenoxy) is 2. The van der Waals surface area contributed by atoms with Crippen LogP contribution in [0.5, 0.6) is 0 Å². The molecule has 0 aromatic rings. The van der Waals surface area contributed by atoms with Crippen LogP contribution >= 0.6 is 0 Å². The number of carbonyl (C=O) groups excluding carboxylic acids is 2. The number of epoxide rings is 1. The Morgan fingerprint density at radius 3 is 2.89 bits per heavy atom. The fourth-order valence-corrected chi connectivity index (χ4v) is 4.34. The van der Waals surface area contributed by atoms with Crippen molar-refractivity contribution in [1.29, 1.82) is 0 Å². The fourth-order valence-electron chi connectivity index (χ4n) is 4.34. The number of hydrogen-bond donors (Lipinski definition) is 0. The molecule has 2 saturated heterocycles. The van der Waals surface area contributed by atoms with Gasteiger partial charge >= 0.3 is 5.97 Å². The van der Waals surface area contributed by atoms with Gasteiger partial charge in [0, 0.05) is 11.5 Å². The van der Waals surface area contributed by atoms with Crippen molar-refractivity contribution in [1.82, 2.24) is 0 Å². The number of fused-ring (bicyclic) bond motifs is 2. The molecule has 1 spiro atoms. The smallest absolute Gasteiger partial charge is 0.334 e. The second kappa shape index (κ2) is 3.01. The van der Waals surface area contributed by atoms with Crippen LogP contribution in [0.2, 0.25) is 0 Å². The largest absolute Gasteiger partial charge is 0.458 e. The molecule has 4 heteroatoms. The van der Waals surface area contributed by atoms with Crippen LogP contribution < -0.4 is 0 Å². The number of hydrogen-bond acceptors (Lipinski definition) is 4. The monoisotopic (exact) mass is 260 g/mol. The summed E-state index contributed by atoms with van der Waals surface area (Å²) in [7, 11) is 0. The van der Waals surface area contributed by atoms with Crippen molar-refractivity contribution in [3.63, 3.8) is 0 Å². The van der Waals surface area contributed by atoms with Gasteiger partial charge in [0.25, 0.3) is 0 Å². The minimum Gasteiger partial charge on any atom is -0.458 e. The van der Waals surface area contributed by atoms with Crippen LogP contribution in [-0.4, -0.2) is 29.1 Å². The summed E-state index contributed by atoms with van der Waals surface area (Å²) >= 11 is 0. The van der Waals surface area contributed by atoms with Gasteiger partial charge in [0.05, 0.1) is 5.92 Å². The fraction of sp³-hybridized carbons (Fsp3) is 0.600. The highest BCUT2D eigenvalue weighted by Crippen LogP contribution is 2.65. The molecule has 4 nitrogen and oxygen atoms in total. The lowest BCUT2D eigenvalue weighted by molar-refractivity contribution is -0.142. The van der Waals surface area contributed by atoms with E-state index in [1.54, 1.807) is 6.08 Å². The average molecular weight is 260 g/mol. The lowest BCUT2D eigenvalue weighted by Gasteiger charge is -2.26. The Hall–Kier alpha value is -1.42. The first kappa shape index (κ1) is 11.4. The van der Waals surface area contributed by atoms with Crippen molar-refractivity contribution in [2.45, 2.75) is 44.0 Å². The van der Waals surface area contributed by atoms with Gasteiger partial charge in [0.2, 0.25) is 0 Å². The molecule has 1 saturated carbocycles. The normalized spacial score (nSPS) is 50.9. The molecule has 0 aromatic carbocycles. The molecule has 2 heterocycles. The SMILES string of the molecule is C=C1C(=O)O[C@@H]2[C@H]3C(C)=CC(=O)[C@]34O[C@]4(C)CC[C@@H]12. The Morgan fingerprint density at radius 2 is 2.16 bits per heavy atom. The summed E-state index contributed by atoms with van der Waals surface area (Å²) in [6, 6.07) is 0. The van der Waals surface area contributed by atoms with Gasteiger partial charge in [-0.1, -0.05) is 12.2 Å². The maximum absolute atomic E-state index is 12.3. The Labute approximate surface area is 111 Å². The van der Waals surface area contributed by atoms with Gasteiger partial charge in [-0.25, -0.2) is 4.79 Å². The van der Waals surface area contributed by atoms with Crippen LogP contribution in [0.15, 0.2) is 23.8 Å². The van der Waals surface area contributed by atoms with Crippen LogP contribution in [0.1, 0.15) is 26.7 Å². The van der Waals surface area contributed by atoms with Crippen LogP contribution in [-0.2, 0) is 19.1 Å². The van der Waals surface area contributed by atoms with Gasteiger partial charge in [-0.3, -0.25) is 4.79 Å². The summed E-state index contributed by atoms with van der Waals surface area (Å²) in [4.78, 5) is 24.1. The molecule has 100 valence electrons. The van der Waals surface area contributed by atoms with E-state index in [4.69, 9.17) is 9.47 Å². The maximum atomic E-state index is 12.3. The Balaban J connectivity index is 1.85. The molecule has 19 heavy (non-hydrogen) atoms. The van der Waals surface area contributed by atoms with E-state index in [0.717, 1.165) is 18.4 Å². The summed E-state index contributed by atoms with van der Waals surface area (Å²) in [5, 5.41) is 0. The standard InChI is InChI=1S/C15H16O4/c1-7-6-10(16)15-11(7)12-9(8(2)13(17)18-12)4-5-14(15,3)19-15/h6,9,11-12H,2,4-5H2,1,3H3/t9-,11+,12-,14+,15-/m0/s1. The van der Waals surface area contributed by atoms with Crippen molar-refractivity contribution < 1.29 is 19.1 Å². The number of rotatable bonds is 0. The lowest BCUT2D eigenvalue weighted by Crippen LogP contribution is -2.41. The van der Waals surface area contributed by atoms with Crippen molar-refractivity contribution in [2.75, 3.05) is 0 Å². The highest BCUT2D eigenvalue weighted by atomic mass is 16.6. The molecule has 0 aromatic heterocycles. The van der Waals surface area contributed by atoms with Crippen LogP contribution in [0.25, 0.3) is 0 Å². The van der Waals surface area contributed by atoms with Crippen LogP contribution in [0.4, 0.5) is 0 Å². The summed E-state index contributed by atoms with van der Waals surface area (Å²) < 4.78 is 11.4. The highest BCUT2D eigenvalue weighted by Gasteiger charge is 2.79. The van der Waals surface area contributed by atoms with Crippen LogP contribution in [0.3, 0.4) is 0 Å². The lowest BCUT2D eigenvalue weighted by atomic mass is 9.78. The molecule has 3 fully saturated rings. The quantitative estimate of drug-likeness (QED) is 0.377. The molecule has 4 aliphatic rings. The molecule has 4 rings (SSSR count). The van der Waals surface area contributed by atoms with E-state index in [-0.39, 0.29) is 29.7 Å². The Morgan fingerprint density at radius 1 is 1.42 bits per heavy atom. The first-order valence-electron chi connectivity index (χ1n) is 6.73. The summed E-state index contributed by atoms with van der Waals surface area (Å²) in [6.07, 6.45) is 2.94. The van der Waals surface area contributed by atoms with Gasteiger partial charge in [-0.2, -0.15) is 0 Å². The summed E-state index contributed by atoms with van der Waals surface area (Å²) in [6.45, 7) is 7.78. The molecule has 0 bridgehead atoms. The second-order valence-electron chi connectivity index (χ2n) is 6.34. The van der Waals surface area contributed by atoms with Gasteiger partial charge in [-0.05, 0) is 32.8 Å². The van der Waals surface area contributed by atoms with Gasteiger partial charge in [-0.15, -0.1) is 0 Å². The number of esters is 1. The molecular formula is C15H16O4. The van der Waals surface area contributed by atoms with Crippen molar-refractivity contribution in [2.24, 2.45) is 11.8 Å². The Kier molecular flexibility index (Phi) is 1.81. The predicted octanol–water partition coefficient (Wildman–Crippen LogP) is 1.55.